The molecule has 0 amide bonds. The van der Waals surface area contributed by atoms with E-state index in [-0.39, 0.29) is 6.42 Å². The highest BCUT2D eigenvalue weighted by molar-refractivity contribution is 4.79. The van der Waals surface area contributed by atoms with Crippen LogP contribution in [0.5, 0.6) is 0 Å². The van der Waals surface area contributed by atoms with Gasteiger partial charge in [-0.3, -0.25) is 0 Å². The van der Waals surface area contributed by atoms with Gasteiger partial charge in [-0.2, -0.15) is 13.2 Å². The van der Waals surface area contributed by atoms with Crippen molar-refractivity contribution in [1.82, 2.24) is 10.6 Å². The van der Waals surface area contributed by atoms with Gasteiger partial charge in [-0.15, -0.1) is 0 Å². The molecule has 1 rings (SSSR count). The number of hydrogen-bond donors (Lipinski definition) is 2. The van der Waals surface area contributed by atoms with Gasteiger partial charge < -0.3 is 10.6 Å². The van der Waals surface area contributed by atoms with Crippen molar-refractivity contribution in [3.63, 3.8) is 0 Å². The van der Waals surface area contributed by atoms with Crippen molar-refractivity contribution in [3.05, 3.63) is 0 Å². The summed E-state index contributed by atoms with van der Waals surface area (Å²) >= 11 is 0. The van der Waals surface area contributed by atoms with E-state index in [2.05, 4.69) is 17.6 Å². The predicted molar refractivity (Wildman–Crippen MR) is 67.6 cm³/mol. The van der Waals surface area contributed by atoms with Crippen LogP contribution in [0.3, 0.4) is 0 Å². The molecule has 0 aliphatic carbocycles. The molecule has 2 unspecified atom stereocenters. The quantitative estimate of drug-likeness (QED) is 0.692. The van der Waals surface area contributed by atoms with Gasteiger partial charge in [-0.05, 0) is 44.7 Å². The van der Waals surface area contributed by atoms with Crippen molar-refractivity contribution >= 4 is 0 Å². The first-order valence-electron chi connectivity index (χ1n) is 7.02. The third kappa shape index (κ3) is 7.21. The van der Waals surface area contributed by atoms with Gasteiger partial charge in [0.2, 0.25) is 0 Å². The van der Waals surface area contributed by atoms with Crippen LogP contribution in [0.15, 0.2) is 0 Å². The lowest BCUT2D eigenvalue weighted by Gasteiger charge is -2.30. The van der Waals surface area contributed by atoms with Crippen LogP contribution < -0.4 is 10.6 Å². The lowest BCUT2D eigenvalue weighted by Crippen LogP contribution is -2.44. The summed E-state index contributed by atoms with van der Waals surface area (Å²) in [6.45, 7) is 4.85. The topological polar surface area (TPSA) is 24.1 Å². The summed E-state index contributed by atoms with van der Waals surface area (Å²) in [5.74, 6) is 0.809. The minimum atomic E-state index is -4.00. The molecule has 5 heteroatoms. The van der Waals surface area contributed by atoms with Gasteiger partial charge in [0.15, 0.2) is 0 Å². The Morgan fingerprint density at radius 2 is 2.06 bits per heavy atom. The van der Waals surface area contributed by atoms with Crippen molar-refractivity contribution in [1.29, 1.82) is 0 Å². The Labute approximate surface area is 108 Å². The van der Waals surface area contributed by atoms with Crippen molar-refractivity contribution in [2.75, 3.05) is 19.6 Å². The Kier molecular flexibility index (Phi) is 7.00. The minimum absolute atomic E-state index is 0.228. The molecule has 108 valence electrons. The first-order chi connectivity index (χ1) is 8.51. The summed E-state index contributed by atoms with van der Waals surface area (Å²) in [5, 5.41) is 6.71. The van der Waals surface area contributed by atoms with E-state index in [4.69, 9.17) is 0 Å². The Morgan fingerprint density at radius 1 is 1.28 bits per heavy atom. The fourth-order valence-corrected chi connectivity index (χ4v) is 2.47. The highest BCUT2D eigenvalue weighted by Gasteiger charge is 2.25. The highest BCUT2D eigenvalue weighted by atomic mass is 19.4. The van der Waals surface area contributed by atoms with Crippen LogP contribution in [-0.2, 0) is 0 Å². The molecular weight excluding hydrogens is 241 g/mol. The van der Waals surface area contributed by atoms with Crippen molar-refractivity contribution in [3.8, 4) is 0 Å². The standard InChI is InChI=1S/C13H25F3N2/c1-2-11-5-8-18-12(9-11)10-17-7-4-3-6-13(14,15)16/h11-12,17-18H,2-10H2,1H3. The zero-order valence-electron chi connectivity index (χ0n) is 11.2. The van der Waals surface area contributed by atoms with Crippen LogP contribution >= 0.6 is 0 Å². The fraction of sp³-hybridized carbons (Fsp3) is 1.00. The minimum Gasteiger partial charge on any atom is -0.315 e. The molecular formula is C13H25F3N2. The Morgan fingerprint density at radius 3 is 2.72 bits per heavy atom. The van der Waals surface area contributed by atoms with E-state index in [1.165, 1.54) is 19.3 Å². The molecule has 0 radical (unpaired) electrons. The molecule has 0 saturated carbocycles. The van der Waals surface area contributed by atoms with Crippen LogP contribution in [0.2, 0.25) is 0 Å². The van der Waals surface area contributed by atoms with E-state index in [0.717, 1.165) is 19.0 Å². The molecule has 18 heavy (non-hydrogen) atoms. The number of rotatable bonds is 7. The summed E-state index contributed by atoms with van der Waals surface area (Å²) in [6.07, 6.45) is -0.169. The second kappa shape index (κ2) is 8.00. The Bertz CT molecular complexity index is 219. The van der Waals surface area contributed by atoms with Crippen LogP contribution in [0.1, 0.15) is 45.4 Å². The van der Waals surface area contributed by atoms with Crippen LogP contribution in [0, 0.1) is 5.92 Å². The molecule has 0 aromatic heterocycles. The summed E-state index contributed by atoms with van der Waals surface area (Å²) < 4.78 is 35.7. The average molecular weight is 266 g/mol. The number of piperidine rings is 1. The molecule has 1 heterocycles. The van der Waals surface area contributed by atoms with Gasteiger partial charge in [-0.25, -0.2) is 0 Å². The van der Waals surface area contributed by atoms with Gasteiger partial charge in [-0.1, -0.05) is 13.3 Å². The maximum absolute atomic E-state index is 11.9. The molecule has 1 aliphatic heterocycles. The molecule has 1 saturated heterocycles. The molecule has 0 aromatic rings. The van der Waals surface area contributed by atoms with Gasteiger partial charge >= 0.3 is 6.18 Å². The first-order valence-corrected chi connectivity index (χ1v) is 7.02. The second-order valence-corrected chi connectivity index (χ2v) is 5.23. The highest BCUT2D eigenvalue weighted by Crippen LogP contribution is 2.22. The summed E-state index contributed by atoms with van der Waals surface area (Å²) in [4.78, 5) is 0. The molecule has 1 aliphatic rings. The van der Waals surface area contributed by atoms with E-state index in [0.29, 0.717) is 19.0 Å². The third-order valence-electron chi connectivity index (χ3n) is 3.64. The van der Waals surface area contributed by atoms with Crippen LogP contribution in [0.4, 0.5) is 13.2 Å². The Balaban J connectivity index is 1.97. The van der Waals surface area contributed by atoms with Crippen LogP contribution in [0.25, 0.3) is 0 Å². The van der Waals surface area contributed by atoms with E-state index in [1.807, 2.05) is 0 Å². The first kappa shape index (κ1) is 15.8. The zero-order chi connectivity index (χ0) is 13.4. The van der Waals surface area contributed by atoms with Gasteiger partial charge in [0.25, 0.3) is 0 Å². The number of halogens is 3. The molecule has 2 N–H and O–H groups in total. The SMILES string of the molecule is CCC1CCNC(CNCCCCC(F)(F)F)C1. The van der Waals surface area contributed by atoms with E-state index < -0.39 is 12.6 Å². The van der Waals surface area contributed by atoms with Crippen molar-refractivity contribution < 1.29 is 13.2 Å². The lowest BCUT2D eigenvalue weighted by atomic mass is 9.90. The molecule has 0 spiro atoms. The molecule has 2 atom stereocenters. The monoisotopic (exact) mass is 266 g/mol. The summed E-state index contributed by atoms with van der Waals surface area (Å²) in [5.41, 5.74) is 0. The second-order valence-electron chi connectivity index (χ2n) is 5.23. The zero-order valence-corrected chi connectivity index (χ0v) is 11.2. The number of hydrogen-bond acceptors (Lipinski definition) is 2. The van der Waals surface area contributed by atoms with Crippen molar-refractivity contribution in [2.24, 2.45) is 5.92 Å². The summed E-state index contributed by atoms with van der Waals surface area (Å²) in [7, 11) is 0. The Hall–Kier alpha value is -0.290. The van der Waals surface area contributed by atoms with E-state index in [1.54, 1.807) is 0 Å². The number of unbranched alkanes of at least 4 members (excludes halogenated alkanes) is 1. The smallest absolute Gasteiger partial charge is 0.315 e. The maximum atomic E-state index is 11.9. The number of alkyl halides is 3. The molecule has 1 fully saturated rings. The number of nitrogens with one attached hydrogen (secondary N) is 2. The largest absolute Gasteiger partial charge is 0.389 e. The average Bonchev–Trinajstić information content (AvgIpc) is 2.32. The van der Waals surface area contributed by atoms with Crippen molar-refractivity contribution in [2.45, 2.75) is 57.7 Å². The van der Waals surface area contributed by atoms with Gasteiger partial charge in [0.05, 0.1) is 0 Å². The normalized spacial score (nSPS) is 25.3. The fourth-order valence-electron chi connectivity index (χ4n) is 2.47. The van der Waals surface area contributed by atoms with Crippen LogP contribution in [-0.4, -0.2) is 31.9 Å². The van der Waals surface area contributed by atoms with E-state index in [9.17, 15) is 13.2 Å². The van der Waals surface area contributed by atoms with Gasteiger partial charge in [0.1, 0.15) is 0 Å². The van der Waals surface area contributed by atoms with Gasteiger partial charge in [0, 0.05) is 19.0 Å². The maximum Gasteiger partial charge on any atom is 0.389 e. The predicted octanol–water partition coefficient (Wildman–Crippen LogP) is 3.09. The molecule has 0 bridgehead atoms. The van der Waals surface area contributed by atoms with E-state index >= 15 is 0 Å². The summed E-state index contributed by atoms with van der Waals surface area (Å²) in [6, 6.07) is 0.492. The molecule has 0 aromatic carbocycles. The lowest BCUT2D eigenvalue weighted by molar-refractivity contribution is -0.135. The third-order valence-corrected chi connectivity index (χ3v) is 3.64. The molecule has 2 nitrogen and oxygen atoms in total.